The second kappa shape index (κ2) is 7.83. The van der Waals surface area contributed by atoms with Crippen molar-refractivity contribution in [2.75, 3.05) is 19.7 Å². The highest BCUT2D eigenvalue weighted by Gasteiger charge is 2.65. The summed E-state index contributed by atoms with van der Waals surface area (Å²) in [6.45, 7) is 5.35. The van der Waals surface area contributed by atoms with Gasteiger partial charge in [-0.15, -0.1) is 4.28 Å². The lowest BCUT2D eigenvalue weighted by Crippen LogP contribution is -2.53. The van der Waals surface area contributed by atoms with Crippen molar-refractivity contribution in [3.05, 3.63) is 0 Å². The summed E-state index contributed by atoms with van der Waals surface area (Å²) in [6, 6.07) is -2.24. The van der Waals surface area contributed by atoms with Gasteiger partial charge in [-0.1, -0.05) is 0 Å². The number of carbonyl (C=O) groups excluding carboxylic acids is 3. The van der Waals surface area contributed by atoms with Crippen LogP contribution in [-0.4, -0.2) is 78.3 Å². The maximum absolute atomic E-state index is 12.6. The van der Waals surface area contributed by atoms with E-state index in [0.717, 1.165) is 0 Å². The molecule has 13 nitrogen and oxygen atoms in total. The number of urea groups is 1. The van der Waals surface area contributed by atoms with E-state index in [1.165, 1.54) is 4.90 Å². The molecule has 1 aliphatic carbocycles. The van der Waals surface area contributed by atoms with Crippen LogP contribution < -0.4 is 10.8 Å². The lowest BCUT2D eigenvalue weighted by Gasteiger charge is -2.35. The number of ether oxygens (including phenoxy) is 1. The Balaban J connectivity index is 1.50. The number of hydrogen-bond donors (Lipinski definition) is 3. The fourth-order valence-electron chi connectivity index (χ4n) is 3.76. The number of hydroxylamine groups is 3. The normalized spacial score (nSPS) is 24.7. The van der Waals surface area contributed by atoms with Crippen LogP contribution in [0.2, 0.25) is 0 Å². The number of rotatable bonds is 7. The Kier molecular flexibility index (Phi) is 5.88. The van der Waals surface area contributed by atoms with E-state index in [4.69, 9.17) is 14.1 Å². The number of nitrogens with zero attached hydrogens (tertiary/aromatic N) is 2. The van der Waals surface area contributed by atoms with Crippen molar-refractivity contribution in [2.45, 2.75) is 57.7 Å². The Hall–Kier alpha value is -2.16. The zero-order valence-corrected chi connectivity index (χ0v) is 17.7. The Bertz CT molecular complexity index is 821. The first-order valence-corrected chi connectivity index (χ1v) is 10.8. The molecule has 2 aliphatic heterocycles. The lowest BCUT2D eigenvalue weighted by atomic mass is 9.85. The summed E-state index contributed by atoms with van der Waals surface area (Å²) in [6.07, 6.45) is 1.11. The summed E-state index contributed by atoms with van der Waals surface area (Å²) >= 11 is 0. The minimum Gasteiger partial charge on any atom is -0.444 e. The fraction of sp³-hybridized carbons (Fsp3) is 0.812. The van der Waals surface area contributed by atoms with Gasteiger partial charge in [0.15, 0.2) is 0 Å². The average Bonchev–Trinajstić information content (AvgIpc) is 3.30. The Morgan fingerprint density at radius 2 is 1.97 bits per heavy atom. The molecular formula is C16H26N4O9S. The van der Waals surface area contributed by atoms with E-state index in [1.54, 1.807) is 20.8 Å². The van der Waals surface area contributed by atoms with Crippen LogP contribution in [-0.2, 0) is 29.1 Å². The number of fused-ring (bicyclic) bond motifs is 3. The molecular weight excluding hydrogens is 424 g/mol. The van der Waals surface area contributed by atoms with E-state index in [0.29, 0.717) is 24.3 Å². The number of amides is 4. The molecule has 0 aromatic rings. The van der Waals surface area contributed by atoms with Crippen LogP contribution >= 0.6 is 0 Å². The first kappa shape index (κ1) is 22.5. The van der Waals surface area contributed by atoms with Crippen LogP contribution in [0.4, 0.5) is 9.59 Å². The predicted molar refractivity (Wildman–Crippen MR) is 98.8 cm³/mol. The van der Waals surface area contributed by atoms with Crippen molar-refractivity contribution in [1.82, 2.24) is 20.8 Å². The molecule has 1 saturated carbocycles. The highest BCUT2D eigenvalue weighted by molar-refractivity contribution is 7.80. The molecule has 1 spiro atoms. The van der Waals surface area contributed by atoms with E-state index in [9.17, 15) is 22.8 Å². The molecule has 170 valence electrons. The summed E-state index contributed by atoms with van der Waals surface area (Å²) in [5, 5.41) is 3.11. The zero-order chi connectivity index (χ0) is 22.3. The van der Waals surface area contributed by atoms with Crippen molar-refractivity contribution >= 4 is 28.4 Å². The summed E-state index contributed by atoms with van der Waals surface area (Å²) < 4.78 is 40.6. The highest BCUT2D eigenvalue weighted by atomic mass is 32.3. The maximum Gasteiger partial charge on any atom is 0.418 e. The molecule has 0 aromatic heterocycles. The van der Waals surface area contributed by atoms with Crippen molar-refractivity contribution in [1.29, 1.82) is 0 Å². The third-order valence-electron chi connectivity index (χ3n) is 5.18. The average molecular weight is 450 g/mol. The van der Waals surface area contributed by atoms with Gasteiger partial charge < -0.3 is 15.0 Å². The Labute approximate surface area is 173 Å². The molecule has 0 aromatic carbocycles. The third-order valence-corrected chi connectivity index (χ3v) is 5.53. The number of nitrogens with one attached hydrogen (secondary N) is 2. The number of alkyl carbamates (subject to hydrolysis) is 1. The third kappa shape index (κ3) is 5.11. The molecule has 0 radical (unpaired) electrons. The van der Waals surface area contributed by atoms with E-state index in [1.807, 2.05) is 0 Å². The molecule has 2 bridgehead atoms. The summed E-state index contributed by atoms with van der Waals surface area (Å²) in [4.78, 5) is 42.9. The first-order chi connectivity index (χ1) is 13.8. The molecule has 30 heavy (non-hydrogen) atoms. The second-order valence-electron chi connectivity index (χ2n) is 8.60. The number of carbonyl (C=O) groups is 3. The minimum atomic E-state index is -4.87. The SMILES string of the molecule is CC(C)(C)OC(=O)NCCONC(=O)C1CC2(CC2)C2CN1C(=O)N2OS(=O)(=O)O. The topological polar surface area (TPSA) is 164 Å². The monoisotopic (exact) mass is 450 g/mol. The molecule has 3 fully saturated rings. The number of piperidine rings is 1. The van der Waals surface area contributed by atoms with Gasteiger partial charge in [-0.2, -0.15) is 13.5 Å². The van der Waals surface area contributed by atoms with Gasteiger partial charge in [0.1, 0.15) is 11.6 Å². The van der Waals surface area contributed by atoms with Gasteiger partial charge in [0.05, 0.1) is 12.6 Å². The van der Waals surface area contributed by atoms with Gasteiger partial charge in [-0.3, -0.25) is 14.2 Å². The first-order valence-electron chi connectivity index (χ1n) is 9.47. The van der Waals surface area contributed by atoms with E-state index >= 15 is 0 Å². The number of hydrogen-bond acceptors (Lipinski definition) is 8. The molecule has 2 saturated heterocycles. The molecule has 3 N–H and O–H groups in total. The lowest BCUT2D eigenvalue weighted by molar-refractivity contribution is -0.139. The van der Waals surface area contributed by atoms with Crippen molar-refractivity contribution in [3.8, 4) is 0 Å². The predicted octanol–water partition coefficient (Wildman–Crippen LogP) is -0.0480. The summed E-state index contributed by atoms with van der Waals surface area (Å²) in [7, 11) is -4.87. The van der Waals surface area contributed by atoms with Gasteiger partial charge >= 0.3 is 22.5 Å². The van der Waals surface area contributed by atoms with E-state index < -0.39 is 51.5 Å². The van der Waals surface area contributed by atoms with Crippen LogP contribution in [0, 0.1) is 5.41 Å². The minimum absolute atomic E-state index is 0.0303. The summed E-state index contributed by atoms with van der Waals surface area (Å²) in [5.74, 6) is -0.570. The van der Waals surface area contributed by atoms with E-state index in [2.05, 4.69) is 15.1 Å². The van der Waals surface area contributed by atoms with Crippen molar-refractivity contribution < 1.29 is 41.2 Å². The summed E-state index contributed by atoms with van der Waals surface area (Å²) in [5.41, 5.74) is 1.18. The van der Waals surface area contributed by atoms with E-state index in [-0.39, 0.29) is 19.7 Å². The molecule has 3 aliphatic rings. The molecule has 14 heteroatoms. The van der Waals surface area contributed by atoms with Gasteiger partial charge in [0.2, 0.25) is 0 Å². The van der Waals surface area contributed by atoms with Crippen LogP contribution in [0.25, 0.3) is 0 Å². The van der Waals surface area contributed by atoms with Crippen LogP contribution in [0.5, 0.6) is 0 Å². The van der Waals surface area contributed by atoms with Crippen molar-refractivity contribution in [3.63, 3.8) is 0 Å². The quantitative estimate of drug-likeness (QED) is 0.274. The highest BCUT2D eigenvalue weighted by Crippen LogP contribution is 2.59. The maximum atomic E-state index is 12.6. The Morgan fingerprint density at radius 3 is 2.53 bits per heavy atom. The van der Waals surface area contributed by atoms with Crippen molar-refractivity contribution in [2.24, 2.45) is 5.41 Å². The second-order valence-corrected chi connectivity index (χ2v) is 9.61. The van der Waals surface area contributed by atoms with Gasteiger partial charge in [0, 0.05) is 13.1 Å². The Morgan fingerprint density at radius 1 is 1.30 bits per heavy atom. The zero-order valence-electron chi connectivity index (χ0n) is 16.9. The van der Waals surface area contributed by atoms with Gasteiger partial charge in [-0.25, -0.2) is 15.1 Å². The fourth-order valence-corrected chi connectivity index (χ4v) is 4.13. The molecule has 4 amide bonds. The molecule has 2 unspecified atom stereocenters. The molecule has 2 atom stereocenters. The smallest absolute Gasteiger partial charge is 0.418 e. The molecule has 2 heterocycles. The van der Waals surface area contributed by atoms with Gasteiger partial charge in [-0.05, 0) is 45.4 Å². The standard InChI is InChI=1S/C16H26N4O9S/c1-15(2,3)28-13(22)17-6-7-27-18-12(21)10-8-16(4-5-16)11-9-19(10)14(23)20(11)29-30(24,25)26/h10-11H,4-9H2,1-3H3,(H,17,22)(H,18,21)(H,24,25,26). The van der Waals surface area contributed by atoms with Gasteiger partial charge in [0.25, 0.3) is 5.91 Å². The largest absolute Gasteiger partial charge is 0.444 e. The van der Waals surface area contributed by atoms with Crippen LogP contribution in [0.1, 0.15) is 40.0 Å². The van der Waals surface area contributed by atoms with Crippen LogP contribution in [0.3, 0.4) is 0 Å². The van der Waals surface area contributed by atoms with Crippen LogP contribution in [0.15, 0.2) is 0 Å². The molecule has 3 rings (SSSR count).